The highest BCUT2D eigenvalue weighted by atomic mass is 35.5. The van der Waals surface area contributed by atoms with E-state index >= 15 is 0 Å². The molecule has 5 heteroatoms. The second-order valence-corrected chi connectivity index (χ2v) is 4.74. The number of phenolic OH excluding ortho intramolecular Hbond substituents is 1. The molecule has 0 saturated heterocycles. The number of rotatable bonds is 3. The molecule has 0 bridgehead atoms. The van der Waals surface area contributed by atoms with E-state index < -0.39 is 6.09 Å². The van der Waals surface area contributed by atoms with Crippen LogP contribution < -0.4 is 4.74 Å². The molecule has 2 aromatic rings. The fourth-order valence-electron chi connectivity index (χ4n) is 1.65. The average molecular weight is 292 g/mol. The van der Waals surface area contributed by atoms with Crippen LogP contribution in [0.4, 0.5) is 4.79 Å². The van der Waals surface area contributed by atoms with Gasteiger partial charge in [0.2, 0.25) is 0 Å². The number of nitrogens with zero attached hydrogens (tertiary/aromatic N) is 1. The second-order valence-electron chi connectivity index (χ2n) is 4.31. The molecule has 20 heavy (non-hydrogen) atoms. The lowest BCUT2D eigenvalue weighted by Crippen LogP contribution is -2.29. The third-order valence-electron chi connectivity index (χ3n) is 2.73. The van der Waals surface area contributed by atoms with Crippen molar-refractivity contribution in [2.75, 3.05) is 7.05 Å². The highest BCUT2D eigenvalue weighted by Crippen LogP contribution is 2.19. The summed E-state index contributed by atoms with van der Waals surface area (Å²) in [4.78, 5) is 13.3. The number of phenols is 1. The first kappa shape index (κ1) is 14.2. The molecule has 1 amide bonds. The van der Waals surface area contributed by atoms with Gasteiger partial charge in [0.05, 0.1) is 6.54 Å². The van der Waals surface area contributed by atoms with Gasteiger partial charge in [0.25, 0.3) is 0 Å². The molecule has 0 heterocycles. The summed E-state index contributed by atoms with van der Waals surface area (Å²) in [5, 5.41) is 10.2. The normalized spacial score (nSPS) is 10.1. The Bertz CT molecular complexity index is 598. The first-order valence-corrected chi connectivity index (χ1v) is 6.39. The summed E-state index contributed by atoms with van der Waals surface area (Å²) in [5.74, 6) is 0.571. The molecule has 4 nitrogen and oxygen atoms in total. The van der Waals surface area contributed by atoms with Crippen molar-refractivity contribution in [1.82, 2.24) is 4.90 Å². The molecule has 0 aliphatic rings. The molecule has 0 spiro atoms. The van der Waals surface area contributed by atoms with Crippen LogP contribution in [-0.2, 0) is 6.54 Å². The van der Waals surface area contributed by atoms with E-state index in [1.54, 1.807) is 55.6 Å². The number of benzene rings is 2. The lowest BCUT2D eigenvalue weighted by molar-refractivity contribution is 0.160. The van der Waals surface area contributed by atoms with Crippen molar-refractivity contribution in [3.63, 3.8) is 0 Å². The zero-order chi connectivity index (χ0) is 14.5. The molecule has 104 valence electrons. The van der Waals surface area contributed by atoms with E-state index in [2.05, 4.69) is 0 Å². The van der Waals surface area contributed by atoms with Crippen LogP contribution >= 0.6 is 11.6 Å². The number of amides is 1. The molecular weight excluding hydrogens is 278 g/mol. The Balaban J connectivity index is 1.99. The molecule has 0 radical (unpaired) electrons. The number of aromatic hydroxyl groups is 1. The maximum Gasteiger partial charge on any atom is 0.415 e. The molecule has 0 atom stereocenters. The Hall–Kier alpha value is -2.20. The molecule has 0 unspecified atom stereocenters. The summed E-state index contributed by atoms with van der Waals surface area (Å²) in [6.45, 7) is 0.263. The van der Waals surface area contributed by atoms with E-state index in [1.165, 1.54) is 4.90 Å². The fourth-order valence-corrected chi connectivity index (χ4v) is 1.77. The van der Waals surface area contributed by atoms with E-state index in [1.807, 2.05) is 0 Å². The van der Waals surface area contributed by atoms with Crippen molar-refractivity contribution in [2.45, 2.75) is 6.54 Å². The third kappa shape index (κ3) is 3.65. The number of carbonyl (C=O) groups excluding carboxylic acids is 1. The maximum absolute atomic E-state index is 11.9. The molecule has 0 aliphatic carbocycles. The Labute approximate surface area is 122 Å². The van der Waals surface area contributed by atoms with E-state index in [9.17, 15) is 9.90 Å². The number of ether oxygens (including phenoxy) is 1. The van der Waals surface area contributed by atoms with Gasteiger partial charge in [-0.2, -0.15) is 0 Å². The molecule has 0 fully saturated rings. The number of para-hydroxylation sites is 1. The highest BCUT2D eigenvalue weighted by molar-refractivity contribution is 6.30. The standard InChI is InChI=1S/C15H14ClNO3/c1-17(10-11-4-2-3-5-14(11)18)15(19)20-13-8-6-12(16)7-9-13/h2-9,18H,10H2,1H3. The summed E-state index contributed by atoms with van der Waals surface area (Å²) in [6.07, 6.45) is -0.504. The van der Waals surface area contributed by atoms with Crippen molar-refractivity contribution in [1.29, 1.82) is 0 Å². The first-order valence-electron chi connectivity index (χ1n) is 6.01. The Morgan fingerprint density at radius 2 is 1.85 bits per heavy atom. The minimum absolute atomic E-state index is 0.152. The number of hydrogen-bond donors (Lipinski definition) is 1. The average Bonchev–Trinajstić information content (AvgIpc) is 2.44. The van der Waals surface area contributed by atoms with E-state index in [0.717, 1.165) is 0 Å². The Kier molecular flexibility index (Phi) is 4.48. The lowest BCUT2D eigenvalue weighted by Gasteiger charge is -2.17. The smallest absolute Gasteiger partial charge is 0.415 e. The summed E-state index contributed by atoms with van der Waals surface area (Å²) in [7, 11) is 1.60. The largest absolute Gasteiger partial charge is 0.508 e. The summed E-state index contributed by atoms with van der Waals surface area (Å²) in [6, 6.07) is 13.4. The number of carbonyl (C=O) groups is 1. The minimum atomic E-state index is -0.504. The van der Waals surface area contributed by atoms with E-state index in [-0.39, 0.29) is 12.3 Å². The summed E-state index contributed by atoms with van der Waals surface area (Å²) >= 11 is 5.76. The summed E-state index contributed by atoms with van der Waals surface area (Å²) in [5.41, 5.74) is 0.656. The maximum atomic E-state index is 11.9. The molecule has 0 aromatic heterocycles. The number of halogens is 1. The molecule has 0 saturated carbocycles. The van der Waals surface area contributed by atoms with Crippen LogP contribution in [0, 0.1) is 0 Å². The van der Waals surface area contributed by atoms with Crippen LogP contribution in [0.1, 0.15) is 5.56 Å². The van der Waals surface area contributed by atoms with Gasteiger partial charge in [-0.1, -0.05) is 29.8 Å². The van der Waals surface area contributed by atoms with Gasteiger partial charge in [0.15, 0.2) is 0 Å². The SMILES string of the molecule is CN(Cc1ccccc1O)C(=O)Oc1ccc(Cl)cc1. The molecule has 2 rings (SSSR count). The molecular formula is C15H14ClNO3. The predicted octanol–water partition coefficient (Wildman–Crippen LogP) is 3.68. The zero-order valence-corrected chi connectivity index (χ0v) is 11.7. The monoisotopic (exact) mass is 291 g/mol. The van der Waals surface area contributed by atoms with Crippen molar-refractivity contribution in [2.24, 2.45) is 0 Å². The van der Waals surface area contributed by atoms with Crippen LogP contribution in [-0.4, -0.2) is 23.1 Å². The Morgan fingerprint density at radius 3 is 2.50 bits per heavy atom. The van der Waals surface area contributed by atoms with E-state index in [0.29, 0.717) is 16.3 Å². The van der Waals surface area contributed by atoms with E-state index in [4.69, 9.17) is 16.3 Å². The van der Waals surface area contributed by atoms with Crippen LogP contribution in [0.2, 0.25) is 5.02 Å². The van der Waals surface area contributed by atoms with Crippen molar-refractivity contribution in [3.8, 4) is 11.5 Å². The molecule has 0 aliphatic heterocycles. The second kappa shape index (κ2) is 6.30. The topological polar surface area (TPSA) is 49.8 Å². The van der Waals surface area contributed by atoms with Crippen LogP contribution in [0.3, 0.4) is 0 Å². The lowest BCUT2D eigenvalue weighted by atomic mass is 10.2. The van der Waals surface area contributed by atoms with Crippen LogP contribution in [0.5, 0.6) is 11.5 Å². The minimum Gasteiger partial charge on any atom is -0.508 e. The highest BCUT2D eigenvalue weighted by Gasteiger charge is 2.13. The van der Waals surface area contributed by atoms with Gasteiger partial charge in [-0.25, -0.2) is 4.79 Å². The number of hydrogen-bond acceptors (Lipinski definition) is 3. The molecule has 2 aromatic carbocycles. The van der Waals surface area contributed by atoms with Crippen molar-refractivity contribution >= 4 is 17.7 Å². The Morgan fingerprint density at radius 1 is 1.20 bits per heavy atom. The van der Waals surface area contributed by atoms with Crippen LogP contribution in [0.25, 0.3) is 0 Å². The predicted molar refractivity (Wildman–Crippen MR) is 77.0 cm³/mol. The first-order chi connectivity index (χ1) is 9.56. The summed E-state index contributed by atoms with van der Waals surface area (Å²) < 4.78 is 5.19. The van der Waals surface area contributed by atoms with Gasteiger partial charge < -0.3 is 14.7 Å². The van der Waals surface area contributed by atoms with Gasteiger partial charge in [0.1, 0.15) is 11.5 Å². The molecule has 1 N–H and O–H groups in total. The van der Waals surface area contributed by atoms with Crippen molar-refractivity contribution in [3.05, 3.63) is 59.1 Å². The van der Waals surface area contributed by atoms with Gasteiger partial charge in [-0.3, -0.25) is 0 Å². The van der Waals surface area contributed by atoms with Crippen LogP contribution in [0.15, 0.2) is 48.5 Å². The zero-order valence-electron chi connectivity index (χ0n) is 10.9. The van der Waals surface area contributed by atoms with Gasteiger partial charge >= 0.3 is 6.09 Å². The third-order valence-corrected chi connectivity index (χ3v) is 2.98. The fraction of sp³-hybridized carbons (Fsp3) is 0.133. The van der Waals surface area contributed by atoms with Gasteiger partial charge in [-0.05, 0) is 30.3 Å². The quantitative estimate of drug-likeness (QED) is 0.938. The van der Waals surface area contributed by atoms with Gasteiger partial charge in [0, 0.05) is 17.6 Å². The van der Waals surface area contributed by atoms with Crippen molar-refractivity contribution < 1.29 is 14.6 Å². The van der Waals surface area contributed by atoms with Gasteiger partial charge in [-0.15, -0.1) is 0 Å².